The van der Waals surface area contributed by atoms with Crippen LogP contribution in [0.2, 0.25) is 0 Å². The standard InChI is InChI=1S/C15H16BrN3O3/c1-2-11-9-18(5-6-22-11)15-12-7-10(16)3-4-13(12)17-8-14(15)19(20)21/h3-4,7-8,11H,2,5-6,9H2,1H3/t11-/m0/s1. The first-order valence-electron chi connectivity index (χ1n) is 7.19. The fourth-order valence-electron chi connectivity index (χ4n) is 2.78. The highest BCUT2D eigenvalue weighted by Crippen LogP contribution is 2.37. The number of nitro groups is 1. The van der Waals surface area contributed by atoms with Crippen molar-refractivity contribution < 1.29 is 9.66 Å². The van der Waals surface area contributed by atoms with E-state index in [1.165, 1.54) is 6.20 Å². The first-order valence-corrected chi connectivity index (χ1v) is 7.98. The largest absolute Gasteiger partial charge is 0.375 e. The van der Waals surface area contributed by atoms with Crippen molar-refractivity contribution in [2.24, 2.45) is 0 Å². The molecule has 0 spiro atoms. The Morgan fingerprint density at radius 2 is 2.36 bits per heavy atom. The number of fused-ring (bicyclic) bond motifs is 1. The molecule has 0 saturated carbocycles. The monoisotopic (exact) mass is 365 g/mol. The highest BCUT2D eigenvalue weighted by Gasteiger charge is 2.27. The molecule has 0 radical (unpaired) electrons. The van der Waals surface area contributed by atoms with Gasteiger partial charge in [0.25, 0.3) is 0 Å². The SMILES string of the molecule is CC[C@H]1CN(c2c([N+](=O)[O-])cnc3ccc(Br)cc23)CCO1. The van der Waals surface area contributed by atoms with Crippen molar-refractivity contribution in [1.29, 1.82) is 0 Å². The van der Waals surface area contributed by atoms with Crippen LogP contribution >= 0.6 is 15.9 Å². The Morgan fingerprint density at radius 1 is 1.55 bits per heavy atom. The summed E-state index contributed by atoms with van der Waals surface area (Å²) < 4.78 is 6.56. The van der Waals surface area contributed by atoms with E-state index in [4.69, 9.17) is 4.74 Å². The van der Waals surface area contributed by atoms with Gasteiger partial charge >= 0.3 is 5.69 Å². The fourth-order valence-corrected chi connectivity index (χ4v) is 3.14. The van der Waals surface area contributed by atoms with Crippen LogP contribution in [-0.4, -0.2) is 35.7 Å². The van der Waals surface area contributed by atoms with Crippen molar-refractivity contribution in [1.82, 2.24) is 4.98 Å². The summed E-state index contributed by atoms with van der Waals surface area (Å²) in [7, 11) is 0. The Labute approximate surface area is 136 Å². The molecule has 0 aliphatic carbocycles. The van der Waals surface area contributed by atoms with Gasteiger partial charge in [-0.1, -0.05) is 22.9 Å². The van der Waals surface area contributed by atoms with E-state index < -0.39 is 0 Å². The van der Waals surface area contributed by atoms with Crippen molar-refractivity contribution in [3.63, 3.8) is 0 Å². The number of hydrogen-bond donors (Lipinski definition) is 0. The maximum Gasteiger partial charge on any atom is 0.311 e. The molecule has 1 aliphatic rings. The molecular weight excluding hydrogens is 350 g/mol. The van der Waals surface area contributed by atoms with Gasteiger partial charge in [0.05, 0.1) is 23.2 Å². The molecule has 1 aromatic carbocycles. The predicted octanol–water partition coefficient (Wildman–Crippen LogP) is 3.52. The van der Waals surface area contributed by atoms with Crippen LogP contribution in [-0.2, 0) is 4.74 Å². The third-order valence-electron chi connectivity index (χ3n) is 3.89. The highest BCUT2D eigenvalue weighted by molar-refractivity contribution is 9.10. The molecular formula is C15H16BrN3O3. The molecule has 0 bridgehead atoms. The van der Waals surface area contributed by atoms with Crippen molar-refractivity contribution in [3.8, 4) is 0 Å². The molecule has 7 heteroatoms. The minimum absolute atomic E-state index is 0.0438. The van der Waals surface area contributed by atoms with E-state index >= 15 is 0 Å². The Bertz CT molecular complexity index is 722. The predicted molar refractivity (Wildman–Crippen MR) is 88.3 cm³/mol. The minimum atomic E-state index is -0.362. The van der Waals surface area contributed by atoms with Crippen LogP contribution in [0.4, 0.5) is 11.4 Å². The highest BCUT2D eigenvalue weighted by atomic mass is 79.9. The fraction of sp³-hybridized carbons (Fsp3) is 0.400. The van der Waals surface area contributed by atoms with Gasteiger partial charge in [-0.2, -0.15) is 0 Å². The molecule has 22 heavy (non-hydrogen) atoms. The molecule has 0 unspecified atom stereocenters. The zero-order valence-corrected chi connectivity index (χ0v) is 13.7. The average molecular weight is 366 g/mol. The van der Waals surface area contributed by atoms with Crippen LogP contribution < -0.4 is 4.90 Å². The number of pyridine rings is 1. The summed E-state index contributed by atoms with van der Waals surface area (Å²) in [6.07, 6.45) is 2.34. The number of rotatable bonds is 3. The number of morpholine rings is 1. The number of anilines is 1. The van der Waals surface area contributed by atoms with Crippen molar-refractivity contribution >= 4 is 38.2 Å². The average Bonchev–Trinajstić information content (AvgIpc) is 2.53. The summed E-state index contributed by atoms with van der Waals surface area (Å²) in [5.74, 6) is 0. The number of aromatic nitrogens is 1. The number of hydrogen-bond acceptors (Lipinski definition) is 5. The van der Waals surface area contributed by atoms with Gasteiger partial charge in [0.2, 0.25) is 0 Å². The molecule has 0 N–H and O–H groups in total. The Balaban J connectivity index is 2.17. The topological polar surface area (TPSA) is 68.5 Å². The maximum atomic E-state index is 11.4. The van der Waals surface area contributed by atoms with Crippen LogP contribution in [0.5, 0.6) is 0 Å². The van der Waals surface area contributed by atoms with Crippen molar-refractivity contribution in [3.05, 3.63) is 39.0 Å². The number of benzene rings is 1. The molecule has 0 amide bonds. The van der Waals surface area contributed by atoms with E-state index in [0.717, 1.165) is 21.8 Å². The lowest BCUT2D eigenvalue weighted by atomic mass is 10.1. The molecule has 2 heterocycles. The van der Waals surface area contributed by atoms with Crippen LogP contribution in [0.3, 0.4) is 0 Å². The first-order chi connectivity index (χ1) is 10.6. The van der Waals surface area contributed by atoms with Gasteiger partial charge in [0.15, 0.2) is 0 Å². The third kappa shape index (κ3) is 2.78. The van der Waals surface area contributed by atoms with E-state index in [0.29, 0.717) is 25.4 Å². The van der Waals surface area contributed by atoms with Gasteiger partial charge < -0.3 is 9.64 Å². The maximum absolute atomic E-state index is 11.4. The molecule has 6 nitrogen and oxygen atoms in total. The summed E-state index contributed by atoms with van der Waals surface area (Å²) in [5, 5.41) is 12.2. The molecule has 1 aliphatic heterocycles. The van der Waals surface area contributed by atoms with E-state index in [9.17, 15) is 10.1 Å². The third-order valence-corrected chi connectivity index (χ3v) is 4.38. The van der Waals surface area contributed by atoms with E-state index in [1.807, 2.05) is 23.1 Å². The lowest BCUT2D eigenvalue weighted by Crippen LogP contribution is -2.42. The number of halogens is 1. The molecule has 2 aromatic rings. The van der Waals surface area contributed by atoms with Crippen LogP contribution in [0.1, 0.15) is 13.3 Å². The van der Waals surface area contributed by atoms with Crippen molar-refractivity contribution in [2.75, 3.05) is 24.6 Å². The molecule has 1 fully saturated rings. The quantitative estimate of drug-likeness (QED) is 0.614. The summed E-state index contributed by atoms with van der Waals surface area (Å²) in [5.41, 5.74) is 1.43. The number of ether oxygens (including phenoxy) is 1. The summed E-state index contributed by atoms with van der Waals surface area (Å²) in [4.78, 5) is 17.3. The summed E-state index contributed by atoms with van der Waals surface area (Å²) in [6, 6.07) is 5.64. The van der Waals surface area contributed by atoms with Crippen LogP contribution in [0, 0.1) is 10.1 Å². The minimum Gasteiger partial charge on any atom is -0.375 e. The zero-order valence-electron chi connectivity index (χ0n) is 12.2. The molecule has 3 rings (SSSR count). The zero-order chi connectivity index (χ0) is 15.7. The normalized spacial score (nSPS) is 18.6. The molecule has 1 aromatic heterocycles. The van der Waals surface area contributed by atoms with Crippen LogP contribution in [0.15, 0.2) is 28.9 Å². The second-order valence-electron chi connectivity index (χ2n) is 5.26. The lowest BCUT2D eigenvalue weighted by molar-refractivity contribution is -0.384. The second-order valence-corrected chi connectivity index (χ2v) is 6.17. The Hall–Kier alpha value is -1.73. The molecule has 116 valence electrons. The Kier molecular flexibility index (Phi) is 4.26. The smallest absolute Gasteiger partial charge is 0.311 e. The summed E-state index contributed by atoms with van der Waals surface area (Å²) in [6.45, 7) is 3.93. The van der Waals surface area contributed by atoms with Gasteiger partial charge in [-0.25, -0.2) is 4.98 Å². The van der Waals surface area contributed by atoms with E-state index in [1.54, 1.807) is 0 Å². The Morgan fingerprint density at radius 3 is 3.09 bits per heavy atom. The van der Waals surface area contributed by atoms with Gasteiger partial charge in [-0.15, -0.1) is 0 Å². The van der Waals surface area contributed by atoms with Crippen molar-refractivity contribution in [2.45, 2.75) is 19.4 Å². The summed E-state index contributed by atoms with van der Waals surface area (Å²) >= 11 is 3.44. The van der Waals surface area contributed by atoms with Gasteiger partial charge in [-0.3, -0.25) is 10.1 Å². The number of nitrogens with zero attached hydrogens (tertiary/aromatic N) is 3. The van der Waals surface area contributed by atoms with Gasteiger partial charge in [0.1, 0.15) is 11.9 Å². The molecule has 1 atom stereocenters. The second kappa shape index (κ2) is 6.18. The van der Waals surface area contributed by atoms with Gasteiger partial charge in [0, 0.05) is 22.9 Å². The van der Waals surface area contributed by atoms with E-state index in [2.05, 4.69) is 27.8 Å². The molecule has 1 saturated heterocycles. The first kappa shape index (κ1) is 15.2. The van der Waals surface area contributed by atoms with Gasteiger partial charge in [-0.05, 0) is 24.6 Å². The lowest BCUT2D eigenvalue weighted by Gasteiger charge is -2.34. The van der Waals surface area contributed by atoms with Crippen LogP contribution in [0.25, 0.3) is 10.9 Å². The van der Waals surface area contributed by atoms with E-state index in [-0.39, 0.29) is 16.7 Å².